The molecule has 2 aromatic rings. The van der Waals surface area contributed by atoms with Gasteiger partial charge in [0.2, 0.25) is 0 Å². The molecule has 1 aliphatic rings. The normalized spacial score (nSPS) is 22.3. The predicted octanol–water partition coefficient (Wildman–Crippen LogP) is 3.32. The first kappa shape index (κ1) is 17.0. The van der Waals surface area contributed by atoms with Crippen LogP contribution in [-0.4, -0.2) is 29.2 Å². The van der Waals surface area contributed by atoms with E-state index >= 15 is 0 Å². The average Bonchev–Trinajstić information content (AvgIpc) is 2.98. The first-order valence-electron chi connectivity index (χ1n) is 7.71. The summed E-state index contributed by atoms with van der Waals surface area (Å²) in [5.74, 6) is 1.60. The van der Waals surface area contributed by atoms with Crippen LogP contribution in [0.25, 0.3) is 11.3 Å². The molecular weight excluding hydrogens is 298 g/mol. The highest BCUT2D eigenvalue weighted by molar-refractivity contribution is 5.85. The Morgan fingerprint density at radius 1 is 1.32 bits per heavy atom. The van der Waals surface area contributed by atoms with Gasteiger partial charge in [0.05, 0.1) is 5.69 Å². The Hall–Kier alpha value is -1.36. The van der Waals surface area contributed by atoms with Gasteiger partial charge in [-0.3, -0.25) is 4.90 Å². The van der Waals surface area contributed by atoms with Gasteiger partial charge in [-0.2, -0.15) is 0 Å². The van der Waals surface area contributed by atoms with Crippen molar-refractivity contribution in [3.05, 3.63) is 42.1 Å². The summed E-state index contributed by atoms with van der Waals surface area (Å²) in [6.07, 6.45) is 2.42. The SMILES string of the molecule is CC1CCN(Cc2cc(-c3ccccc3)on2)C(CN)C1.Cl. The predicted molar refractivity (Wildman–Crippen MR) is 90.8 cm³/mol. The third kappa shape index (κ3) is 3.88. The van der Waals surface area contributed by atoms with Gasteiger partial charge in [0.25, 0.3) is 0 Å². The Balaban J connectivity index is 0.00000176. The van der Waals surface area contributed by atoms with E-state index in [1.54, 1.807) is 0 Å². The second kappa shape index (κ2) is 7.77. The van der Waals surface area contributed by atoms with E-state index in [-0.39, 0.29) is 12.4 Å². The van der Waals surface area contributed by atoms with E-state index in [2.05, 4.69) is 17.0 Å². The molecule has 2 N–H and O–H groups in total. The summed E-state index contributed by atoms with van der Waals surface area (Å²) in [5.41, 5.74) is 7.98. The minimum atomic E-state index is 0. The van der Waals surface area contributed by atoms with Crippen LogP contribution in [0.3, 0.4) is 0 Å². The minimum absolute atomic E-state index is 0. The molecule has 0 aliphatic carbocycles. The van der Waals surface area contributed by atoms with Crippen LogP contribution in [0.1, 0.15) is 25.5 Å². The Morgan fingerprint density at radius 2 is 2.09 bits per heavy atom. The monoisotopic (exact) mass is 321 g/mol. The second-order valence-electron chi connectivity index (χ2n) is 6.04. The van der Waals surface area contributed by atoms with Crippen molar-refractivity contribution in [3.8, 4) is 11.3 Å². The molecule has 0 amide bonds. The number of benzene rings is 1. The number of hydrogen-bond acceptors (Lipinski definition) is 4. The third-order valence-corrected chi connectivity index (χ3v) is 4.35. The van der Waals surface area contributed by atoms with E-state index in [9.17, 15) is 0 Å². The highest BCUT2D eigenvalue weighted by Gasteiger charge is 2.26. The maximum Gasteiger partial charge on any atom is 0.167 e. The Kier molecular flexibility index (Phi) is 6.00. The molecule has 1 fully saturated rings. The summed E-state index contributed by atoms with van der Waals surface area (Å²) in [7, 11) is 0. The van der Waals surface area contributed by atoms with Gasteiger partial charge in [-0.05, 0) is 25.3 Å². The van der Waals surface area contributed by atoms with Crippen LogP contribution in [0.4, 0.5) is 0 Å². The summed E-state index contributed by atoms with van der Waals surface area (Å²) in [6, 6.07) is 12.6. The first-order valence-corrected chi connectivity index (χ1v) is 7.71. The molecule has 0 saturated carbocycles. The van der Waals surface area contributed by atoms with Crippen molar-refractivity contribution in [2.45, 2.75) is 32.4 Å². The van der Waals surface area contributed by atoms with Crippen molar-refractivity contribution in [1.82, 2.24) is 10.1 Å². The molecular formula is C17H24ClN3O. The molecule has 4 nitrogen and oxygen atoms in total. The van der Waals surface area contributed by atoms with Gasteiger partial charge in [-0.25, -0.2) is 0 Å². The van der Waals surface area contributed by atoms with Crippen LogP contribution < -0.4 is 5.73 Å². The summed E-state index contributed by atoms with van der Waals surface area (Å²) in [4.78, 5) is 2.44. The summed E-state index contributed by atoms with van der Waals surface area (Å²) in [6.45, 7) is 4.94. The van der Waals surface area contributed by atoms with Crippen molar-refractivity contribution in [2.75, 3.05) is 13.1 Å². The molecule has 2 unspecified atom stereocenters. The molecule has 1 aromatic heterocycles. The van der Waals surface area contributed by atoms with Crippen LogP contribution in [0, 0.1) is 5.92 Å². The second-order valence-corrected chi connectivity index (χ2v) is 6.04. The fourth-order valence-electron chi connectivity index (χ4n) is 3.09. The third-order valence-electron chi connectivity index (χ3n) is 4.35. The Bertz CT molecular complexity index is 572. The van der Waals surface area contributed by atoms with Crippen LogP contribution in [-0.2, 0) is 6.54 Å². The van der Waals surface area contributed by atoms with Gasteiger partial charge in [0, 0.05) is 30.8 Å². The van der Waals surface area contributed by atoms with E-state index in [1.165, 1.54) is 12.8 Å². The molecule has 0 spiro atoms. The maximum absolute atomic E-state index is 5.92. The lowest BCUT2D eigenvalue weighted by molar-refractivity contribution is 0.112. The van der Waals surface area contributed by atoms with Gasteiger partial charge in [0.15, 0.2) is 5.76 Å². The van der Waals surface area contributed by atoms with E-state index in [4.69, 9.17) is 10.3 Å². The molecule has 22 heavy (non-hydrogen) atoms. The van der Waals surface area contributed by atoms with E-state index in [0.717, 1.165) is 36.0 Å². The van der Waals surface area contributed by atoms with Crippen LogP contribution in [0.15, 0.2) is 40.9 Å². The van der Waals surface area contributed by atoms with Crippen LogP contribution in [0.2, 0.25) is 0 Å². The van der Waals surface area contributed by atoms with E-state index in [0.29, 0.717) is 12.6 Å². The maximum atomic E-state index is 5.92. The zero-order valence-corrected chi connectivity index (χ0v) is 13.8. The number of likely N-dealkylation sites (tertiary alicyclic amines) is 1. The lowest BCUT2D eigenvalue weighted by Gasteiger charge is -2.37. The number of aromatic nitrogens is 1. The van der Waals surface area contributed by atoms with E-state index < -0.39 is 0 Å². The van der Waals surface area contributed by atoms with Crippen molar-refractivity contribution >= 4 is 12.4 Å². The molecule has 3 rings (SSSR count). The van der Waals surface area contributed by atoms with Crippen molar-refractivity contribution in [3.63, 3.8) is 0 Å². The number of nitrogens with two attached hydrogens (primary N) is 1. The van der Waals surface area contributed by atoms with Crippen molar-refractivity contribution in [2.24, 2.45) is 11.7 Å². The molecule has 1 aromatic carbocycles. The standard InChI is InChI=1S/C17H23N3O.ClH/c1-13-7-8-20(16(9-13)11-18)12-15-10-17(21-19-15)14-5-3-2-4-6-14;/h2-6,10,13,16H,7-9,11-12,18H2,1H3;1H. The zero-order chi connectivity index (χ0) is 14.7. The zero-order valence-electron chi connectivity index (χ0n) is 12.9. The molecule has 2 heterocycles. The smallest absolute Gasteiger partial charge is 0.167 e. The molecule has 5 heteroatoms. The number of hydrogen-bond donors (Lipinski definition) is 1. The van der Waals surface area contributed by atoms with Crippen molar-refractivity contribution < 1.29 is 4.52 Å². The average molecular weight is 322 g/mol. The quantitative estimate of drug-likeness (QED) is 0.938. The number of piperidine rings is 1. The molecule has 2 atom stereocenters. The number of nitrogens with zero attached hydrogens (tertiary/aromatic N) is 2. The Morgan fingerprint density at radius 3 is 2.82 bits per heavy atom. The number of rotatable bonds is 4. The summed E-state index contributed by atoms with van der Waals surface area (Å²) >= 11 is 0. The summed E-state index contributed by atoms with van der Waals surface area (Å²) in [5, 5.41) is 4.22. The van der Waals surface area contributed by atoms with E-state index in [1.807, 2.05) is 36.4 Å². The van der Waals surface area contributed by atoms with Crippen LogP contribution >= 0.6 is 12.4 Å². The highest BCUT2D eigenvalue weighted by Crippen LogP contribution is 2.25. The minimum Gasteiger partial charge on any atom is -0.356 e. The number of halogens is 1. The molecule has 0 bridgehead atoms. The topological polar surface area (TPSA) is 55.3 Å². The van der Waals surface area contributed by atoms with Gasteiger partial charge in [0.1, 0.15) is 0 Å². The fraction of sp³-hybridized carbons (Fsp3) is 0.471. The van der Waals surface area contributed by atoms with Crippen molar-refractivity contribution in [1.29, 1.82) is 0 Å². The van der Waals surface area contributed by atoms with Crippen LogP contribution in [0.5, 0.6) is 0 Å². The molecule has 1 saturated heterocycles. The van der Waals surface area contributed by atoms with Gasteiger partial charge in [-0.15, -0.1) is 12.4 Å². The fourth-order valence-corrected chi connectivity index (χ4v) is 3.09. The molecule has 1 aliphatic heterocycles. The first-order chi connectivity index (χ1) is 10.3. The lowest BCUT2D eigenvalue weighted by Crippen LogP contribution is -2.45. The molecule has 0 radical (unpaired) electrons. The molecule has 120 valence electrons. The highest BCUT2D eigenvalue weighted by atomic mass is 35.5. The summed E-state index contributed by atoms with van der Waals surface area (Å²) < 4.78 is 5.47. The lowest BCUT2D eigenvalue weighted by atomic mass is 9.92. The van der Waals surface area contributed by atoms with Gasteiger partial charge < -0.3 is 10.3 Å². The largest absolute Gasteiger partial charge is 0.356 e. The van der Waals surface area contributed by atoms with Gasteiger partial charge in [-0.1, -0.05) is 42.4 Å². The van der Waals surface area contributed by atoms with Gasteiger partial charge >= 0.3 is 0 Å². The Labute approximate surface area is 138 Å².